The molecule has 0 atom stereocenters. The van der Waals surface area contributed by atoms with Crippen LogP contribution in [0.2, 0.25) is 0 Å². The number of amides is 1. The summed E-state index contributed by atoms with van der Waals surface area (Å²) in [7, 11) is 0. The van der Waals surface area contributed by atoms with Gasteiger partial charge in [-0.05, 0) is 32.3 Å². The molecule has 0 aliphatic heterocycles. The van der Waals surface area contributed by atoms with Crippen molar-refractivity contribution in [1.82, 2.24) is 4.90 Å². The fraction of sp³-hybridized carbons (Fsp3) is 0.533. The topological polar surface area (TPSA) is 20.3 Å². The van der Waals surface area contributed by atoms with E-state index in [4.69, 9.17) is 0 Å². The summed E-state index contributed by atoms with van der Waals surface area (Å²) in [5.74, 6) is 0.653. The fourth-order valence-electron chi connectivity index (χ4n) is 2.17. The lowest BCUT2D eigenvalue weighted by Gasteiger charge is -2.31. The summed E-state index contributed by atoms with van der Waals surface area (Å²) in [4.78, 5) is 14.1. The molecule has 1 aromatic rings. The van der Waals surface area contributed by atoms with Crippen LogP contribution in [0.25, 0.3) is 0 Å². The molecule has 0 N–H and O–H groups in total. The molecule has 92 valence electrons. The van der Waals surface area contributed by atoms with Gasteiger partial charge in [-0.25, -0.2) is 0 Å². The van der Waals surface area contributed by atoms with E-state index in [9.17, 15) is 4.79 Å². The Kier molecular flexibility index (Phi) is 3.82. The van der Waals surface area contributed by atoms with Gasteiger partial charge in [-0.3, -0.25) is 4.79 Å². The number of aryl methyl sites for hydroxylation is 1. The molecule has 0 spiro atoms. The van der Waals surface area contributed by atoms with E-state index >= 15 is 0 Å². The van der Waals surface area contributed by atoms with E-state index in [-0.39, 0.29) is 0 Å². The summed E-state index contributed by atoms with van der Waals surface area (Å²) < 4.78 is 0. The molecule has 1 aliphatic rings. The third kappa shape index (κ3) is 2.87. The van der Waals surface area contributed by atoms with Crippen LogP contribution in [0.5, 0.6) is 0 Å². The Labute approximate surface area is 104 Å². The Morgan fingerprint density at radius 2 is 1.94 bits per heavy atom. The van der Waals surface area contributed by atoms with Crippen molar-refractivity contribution in [1.29, 1.82) is 0 Å². The van der Waals surface area contributed by atoms with Crippen LogP contribution in [0.15, 0.2) is 24.3 Å². The molecule has 1 aromatic carbocycles. The van der Waals surface area contributed by atoms with Gasteiger partial charge in [0.2, 0.25) is 5.91 Å². The van der Waals surface area contributed by atoms with Gasteiger partial charge in [0.05, 0.1) is 0 Å². The van der Waals surface area contributed by atoms with Gasteiger partial charge in [0.1, 0.15) is 0 Å². The van der Waals surface area contributed by atoms with Crippen molar-refractivity contribution >= 4 is 5.91 Å². The smallest absolute Gasteiger partial charge is 0.225 e. The quantitative estimate of drug-likeness (QED) is 0.779. The van der Waals surface area contributed by atoms with Gasteiger partial charge >= 0.3 is 0 Å². The molecule has 0 bridgehead atoms. The minimum atomic E-state index is 0.306. The molecule has 1 amide bonds. The second kappa shape index (κ2) is 5.35. The van der Waals surface area contributed by atoms with Gasteiger partial charge in [0.15, 0.2) is 0 Å². The monoisotopic (exact) mass is 231 g/mol. The zero-order chi connectivity index (χ0) is 12.3. The van der Waals surface area contributed by atoms with Crippen molar-refractivity contribution < 1.29 is 4.79 Å². The molecule has 1 fully saturated rings. The fourth-order valence-corrected chi connectivity index (χ4v) is 2.17. The van der Waals surface area contributed by atoms with E-state index in [1.54, 1.807) is 0 Å². The van der Waals surface area contributed by atoms with Crippen LogP contribution in [0.1, 0.15) is 37.3 Å². The summed E-state index contributed by atoms with van der Waals surface area (Å²) >= 11 is 0. The summed E-state index contributed by atoms with van der Waals surface area (Å²) in [5, 5.41) is 0. The van der Waals surface area contributed by atoms with E-state index in [0.717, 1.165) is 25.9 Å². The lowest BCUT2D eigenvalue weighted by molar-refractivity contribution is -0.138. The van der Waals surface area contributed by atoms with E-state index in [2.05, 4.69) is 38.1 Å². The highest BCUT2D eigenvalue weighted by atomic mass is 16.2. The van der Waals surface area contributed by atoms with Crippen LogP contribution in [0.4, 0.5) is 0 Å². The minimum Gasteiger partial charge on any atom is -0.338 e. The Morgan fingerprint density at radius 3 is 2.41 bits per heavy atom. The number of carbonyl (C=O) groups excluding carboxylic acids is 1. The maximum atomic E-state index is 12.2. The molecule has 0 saturated heterocycles. The number of hydrogen-bond acceptors (Lipinski definition) is 1. The molecule has 2 heteroatoms. The third-order valence-corrected chi connectivity index (χ3v) is 3.64. The van der Waals surface area contributed by atoms with E-state index in [1.807, 2.05) is 4.90 Å². The maximum absolute atomic E-state index is 12.2. The van der Waals surface area contributed by atoms with Gasteiger partial charge in [-0.15, -0.1) is 0 Å². The Balaban J connectivity index is 1.98. The summed E-state index contributed by atoms with van der Waals surface area (Å²) in [5.41, 5.74) is 2.49. The average molecular weight is 231 g/mol. The van der Waals surface area contributed by atoms with Gasteiger partial charge < -0.3 is 4.90 Å². The van der Waals surface area contributed by atoms with Crippen LogP contribution >= 0.6 is 0 Å². The Morgan fingerprint density at radius 1 is 1.29 bits per heavy atom. The average Bonchev–Trinajstić information content (AvgIpc) is 2.26. The predicted octanol–water partition coefficient (Wildman–Crippen LogP) is 3.14. The zero-order valence-electron chi connectivity index (χ0n) is 10.8. The van der Waals surface area contributed by atoms with Crippen LogP contribution in [-0.4, -0.2) is 17.4 Å². The Bertz CT molecular complexity index is 378. The SMILES string of the molecule is CCN(Cc1ccc(C)cc1)C(=O)C1CCC1. The molecular formula is C15H21NO. The number of carbonyl (C=O) groups is 1. The largest absolute Gasteiger partial charge is 0.338 e. The lowest BCUT2D eigenvalue weighted by atomic mass is 9.84. The number of rotatable bonds is 4. The van der Waals surface area contributed by atoms with Crippen LogP contribution in [0, 0.1) is 12.8 Å². The number of nitrogens with zero attached hydrogens (tertiary/aromatic N) is 1. The van der Waals surface area contributed by atoms with Crippen molar-refractivity contribution in [3.63, 3.8) is 0 Å². The second-order valence-electron chi connectivity index (χ2n) is 4.97. The summed E-state index contributed by atoms with van der Waals surface area (Å²) in [6.45, 7) is 5.71. The predicted molar refractivity (Wildman–Crippen MR) is 69.6 cm³/mol. The van der Waals surface area contributed by atoms with Gasteiger partial charge in [0.25, 0.3) is 0 Å². The number of benzene rings is 1. The normalized spacial score (nSPS) is 15.4. The molecule has 1 aliphatic carbocycles. The lowest BCUT2D eigenvalue weighted by Crippen LogP contribution is -2.38. The molecular weight excluding hydrogens is 210 g/mol. The summed E-state index contributed by atoms with van der Waals surface area (Å²) in [6, 6.07) is 8.45. The standard InChI is InChI=1S/C15H21NO/c1-3-16(15(17)14-5-4-6-14)11-13-9-7-12(2)8-10-13/h7-10,14H,3-6,11H2,1-2H3. The first kappa shape index (κ1) is 12.2. The van der Waals surface area contributed by atoms with Crippen molar-refractivity contribution in [2.75, 3.05) is 6.54 Å². The molecule has 1 saturated carbocycles. The maximum Gasteiger partial charge on any atom is 0.225 e. The van der Waals surface area contributed by atoms with Gasteiger partial charge in [-0.2, -0.15) is 0 Å². The zero-order valence-corrected chi connectivity index (χ0v) is 10.8. The molecule has 0 aromatic heterocycles. The van der Waals surface area contributed by atoms with Crippen molar-refractivity contribution in [3.05, 3.63) is 35.4 Å². The first-order valence-corrected chi connectivity index (χ1v) is 6.55. The highest BCUT2D eigenvalue weighted by molar-refractivity contribution is 5.79. The van der Waals surface area contributed by atoms with E-state index < -0.39 is 0 Å². The molecule has 0 radical (unpaired) electrons. The Hall–Kier alpha value is -1.31. The minimum absolute atomic E-state index is 0.306. The highest BCUT2D eigenvalue weighted by Gasteiger charge is 2.28. The van der Waals surface area contributed by atoms with Crippen LogP contribution in [-0.2, 0) is 11.3 Å². The van der Waals surface area contributed by atoms with Gasteiger partial charge in [-0.1, -0.05) is 36.2 Å². The van der Waals surface area contributed by atoms with Crippen molar-refractivity contribution in [2.24, 2.45) is 5.92 Å². The van der Waals surface area contributed by atoms with Crippen LogP contribution < -0.4 is 0 Å². The highest BCUT2D eigenvalue weighted by Crippen LogP contribution is 2.28. The third-order valence-electron chi connectivity index (χ3n) is 3.64. The first-order chi connectivity index (χ1) is 8.20. The molecule has 0 heterocycles. The molecule has 0 unspecified atom stereocenters. The van der Waals surface area contributed by atoms with Gasteiger partial charge in [0, 0.05) is 19.0 Å². The number of hydrogen-bond donors (Lipinski definition) is 0. The van der Waals surface area contributed by atoms with E-state index in [1.165, 1.54) is 17.5 Å². The van der Waals surface area contributed by atoms with Crippen molar-refractivity contribution in [2.45, 2.75) is 39.7 Å². The second-order valence-corrected chi connectivity index (χ2v) is 4.97. The van der Waals surface area contributed by atoms with Crippen LogP contribution in [0.3, 0.4) is 0 Å². The summed E-state index contributed by atoms with van der Waals surface area (Å²) in [6.07, 6.45) is 3.39. The van der Waals surface area contributed by atoms with Crippen molar-refractivity contribution in [3.8, 4) is 0 Å². The molecule has 17 heavy (non-hydrogen) atoms. The first-order valence-electron chi connectivity index (χ1n) is 6.55. The molecule has 2 rings (SSSR count). The molecule has 2 nitrogen and oxygen atoms in total. The van der Waals surface area contributed by atoms with E-state index in [0.29, 0.717) is 11.8 Å².